The number of rotatable bonds is 10. The number of hydrogen-bond acceptors (Lipinski definition) is 10. The SMILES string of the molecule is CCOC(=O)COc1ccc([C@H]2C(C(=O)OCC)=C(C)N[C@@H]3S/C(=C\c4ccc(OC)c5ccccc45)C(=O)N32)cc1OC. The predicted octanol–water partition coefficient (Wildman–Crippen LogP) is 5.18. The van der Waals surface area contributed by atoms with Crippen molar-refractivity contribution in [2.24, 2.45) is 0 Å². The van der Waals surface area contributed by atoms with E-state index in [4.69, 9.17) is 23.7 Å². The molecule has 10 nitrogen and oxygen atoms in total. The fraction of sp³-hybridized carbons (Fsp3) is 0.303. The second-order valence-corrected chi connectivity index (χ2v) is 11.0. The lowest BCUT2D eigenvalue weighted by molar-refractivity contribution is -0.145. The molecule has 1 saturated heterocycles. The number of thioether (sulfide) groups is 1. The van der Waals surface area contributed by atoms with Gasteiger partial charge in [-0.05, 0) is 61.6 Å². The van der Waals surface area contributed by atoms with Crippen LogP contribution in [0.15, 0.2) is 70.8 Å². The molecule has 2 atom stereocenters. The number of amides is 1. The minimum absolute atomic E-state index is 0.175. The molecule has 230 valence electrons. The van der Waals surface area contributed by atoms with Crippen LogP contribution in [-0.4, -0.2) is 62.3 Å². The first-order valence-electron chi connectivity index (χ1n) is 14.2. The molecule has 44 heavy (non-hydrogen) atoms. The Hall–Kier alpha value is -4.64. The summed E-state index contributed by atoms with van der Waals surface area (Å²) in [7, 11) is 3.11. The van der Waals surface area contributed by atoms with Gasteiger partial charge in [-0.15, -0.1) is 0 Å². The van der Waals surface area contributed by atoms with Crippen molar-refractivity contribution in [1.29, 1.82) is 0 Å². The molecule has 2 aliphatic heterocycles. The van der Waals surface area contributed by atoms with E-state index < -0.39 is 23.5 Å². The van der Waals surface area contributed by atoms with Crippen molar-refractivity contribution in [1.82, 2.24) is 10.2 Å². The van der Waals surface area contributed by atoms with E-state index in [0.717, 1.165) is 22.1 Å². The summed E-state index contributed by atoms with van der Waals surface area (Å²) in [6, 6.07) is 16.0. The number of esters is 2. The lowest BCUT2D eigenvalue weighted by Gasteiger charge is -2.39. The molecule has 3 aromatic rings. The fourth-order valence-electron chi connectivity index (χ4n) is 5.37. The summed E-state index contributed by atoms with van der Waals surface area (Å²) in [5, 5.41) is 5.22. The van der Waals surface area contributed by atoms with Gasteiger partial charge in [0, 0.05) is 11.1 Å². The Bertz CT molecular complexity index is 1670. The van der Waals surface area contributed by atoms with Gasteiger partial charge in [0.15, 0.2) is 23.6 Å². The number of methoxy groups -OCH3 is 2. The van der Waals surface area contributed by atoms with Crippen LogP contribution in [0.25, 0.3) is 16.8 Å². The van der Waals surface area contributed by atoms with Gasteiger partial charge in [-0.1, -0.05) is 48.2 Å². The molecule has 0 aliphatic carbocycles. The summed E-state index contributed by atoms with van der Waals surface area (Å²) in [5.41, 5.74) is 1.92. The molecular formula is C33H34N2O8S. The molecule has 0 spiro atoms. The van der Waals surface area contributed by atoms with E-state index in [9.17, 15) is 14.4 Å². The zero-order valence-corrected chi connectivity index (χ0v) is 26.0. The Morgan fingerprint density at radius 3 is 2.34 bits per heavy atom. The monoisotopic (exact) mass is 618 g/mol. The summed E-state index contributed by atoms with van der Waals surface area (Å²) in [6.07, 6.45) is 1.87. The van der Waals surface area contributed by atoms with Crippen LogP contribution >= 0.6 is 11.8 Å². The first kappa shape index (κ1) is 30.8. The van der Waals surface area contributed by atoms with Crippen molar-refractivity contribution in [2.75, 3.05) is 34.0 Å². The normalized spacial score (nSPS) is 18.6. The molecular weight excluding hydrogens is 584 g/mol. The lowest BCUT2D eigenvalue weighted by atomic mass is 9.93. The summed E-state index contributed by atoms with van der Waals surface area (Å²) < 4.78 is 27.2. The van der Waals surface area contributed by atoms with Gasteiger partial charge < -0.3 is 29.0 Å². The number of allylic oxidation sites excluding steroid dienone is 1. The van der Waals surface area contributed by atoms with Gasteiger partial charge in [-0.25, -0.2) is 9.59 Å². The number of carbonyl (C=O) groups excluding carboxylic acids is 3. The van der Waals surface area contributed by atoms with Crippen LogP contribution in [0, 0.1) is 0 Å². The minimum atomic E-state index is -0.785. The van der Waals surface area contributed by atoms with Gasteiger partial charge >= 0.3 is 11.9 Å². The van der Waals surface area contributed by atoms with Crippen LogP contribution in [0.5, 0.6) is 17.2 Å². The number of carbonyl (C=O) groups is 3. The lowest BCUT2D eigenvalue weighted by Crippen LogP contribution is -2.50. The van der Waals surface area contributed by atoms with Gasteiger partial charge in [0.25, 0.3) is 5.91 Å². The van der Waals surface area contributed by atoms with E-state index in [1.807, 2.05) is 42.5 Å². The van der Waals surface area contributed by atoms with E-state index in [2.05, 4.69) is 5.32 Å². The topological polar surface area (TPSA) is 113 Å². The highest BCUT2D eigenvalue weighted by Gasteiger charge is 2.48. The molecule has 11 heteroatoms. The summed E-state index contributed by atoms with van der Waals surface area (Å²) in [4.78, 5) is 41.5. The van der Waals surface area contributed by atoms with Crippen molar-refractivity contribution in [3.05, 3.63) is 81.9 Å². The van der Waals surface area contributed by atoms with Crippen LogP contribution < -0.4 is 19.5 Å². The molecule has 0 unspecified atom stereocenters. The first-order chi connectivity index (χ1) is 21.3. The quantitative estimate of drug-likeness (QED) is 0.241. The van der Waals surface area contributed by atoms with E-state index >= 15 is 0 Å². The number of ether oxygens (including phenoxy) is 5. The molecule has 0 aromatic heterocycles. The number of nitrogens with zero attached hydrogens (tertiary/aromatic N) is 1. The fourth-order valence-corrected chi connectivity index (χ4v) is 6.58. The Kier molecular flexibility index (Phi) is 9.34. The Labute approximate surface area is 259 Å². The van der Waals surface area contributed by atoms with E-state index in [1.54, 1.807) is 51.0 Å². The second kappa shape index (κ2) is 13.3. The molecule has 0 radical (unpaired) electrons. The molecule has 5 rings (SSSR count). The van der Waals surface area contributed by atoms with Crippen LogP contribution in [0.2, 0.25) is 0 Å². The van der Waals surface area contributed by atoms with Gasteiger partial charge in [-0.2, -0.15) is 0 Å². The van der Waals surface area contributed by atoms with Crippen LogP contribution in [0.3, 0.4) is 0 Å². The second-order valence-electron chi connectivity index (χ2n) is 9.90. The average molecular weight is 619 g/mol. The summed E-state index contributed by atoms with van der Waals surface area (Å²) in [5.74, 6) is 0.124. The average Bonchev–Trinajstić information content (AvgIpc) is 3.33. The van der Waals surface area contributed by atoms with Gasteiger partial charge in [0.2, 0.25) is 0 Å². The Morgan fingerprint density at radius 2 is 1.64 bits per heavy atom. The summed E-state index contributed by atoms with van der Waals surface area (Å²) >= 11 is 1.38. The molecule has 1 amide bonds. The number of nitrogens with one attached hydrogen (secondary N) is 1. The standard InChI is InChI=1S/C33H34N2O8S/c1-6-41-28(36)18-43-25-15-13-21(16-26(25)40-5)30-29(32(38)42-7-2)19(3)34-33-35(30)31(37)27(44-33)17-20-12-14-24(39-4)23-11-9-8-10-22(20)23/h8-17,30,33-34H,6-7,18H2,1-5H3/b27-17-/t30-,33-/m0/s1. The third kappa shape index (κ3) is 5.92. The largest absolute Gasteiger partial charge is 0.496 e. The molecule has 0 bridgehead atoms. The van der Waals surface area contributed by atoms with Crippen LogP contribution in [0.1, 0.15) is 37.9 Å². The van der Waals surface area contributed by atoms with Crippen molar-refractivity contribution >= 4 is 46.5 Å². The Balaban J connectivity index is 1.55. The maximum absolute atomic E-state index is 14.2. The molecule has 1 fully saturated rings. The van der Waals surface area contributed by atoms with Gasteiger partial charge in [0.05, 0.1) is 44.0 Å². The highest BCUT2D eigenvalue weighted by molar-refractivity contribution is 8.05. The van der Waals surface area contributed by atoms with E-state index in [0.29, 0.717) is 33.2 Å². The van der Waals surface area contributed by atoms with Crippen molar-refractivity contribution in [3.63, 3.8) is 0 Å². The minimum Gasteiger partial charge on any atom is -0.496 e. The molecule has 1 N–H and O–H groups in total. The zero-order valence-electron chi connectivity index (χ0n) is 25.2. The van der Waals surface area contributed by atoms with Crippen LogP contribution in [-0.2, 0) is 23.9 Å². The Morgan fingerprint density at radius 1 is 0.932 bits per heavy atom. The highest BCUT2D eigenvalue weighted by atomic mass is 32.2. The molecule has 2 aliphatic rings. The molecule has 3 aromatic carbocycles. The summed E-state index contributed by atoms with van der Waals surface area (Å²) in [6.45, 7) is 5.37. The maximum atomic E-state index is 14.2. The van der Waals surface area contributed by atoms with Crippen LogP contribution in [0.4, 0.5) is 0 Å². The smallest absolute Gasteiger partial charge is 0.344 e. The first-order valence-corrected chi connectivity index (χ1v) is 15.1. The van der Waals surface area contributed by atoms with Crippen molar-refractivity contribution < 1.29 is 38.1 Å². The molecule has 0 saturated carbocycles. The number of fused-ring (bicyclic) bond motifs is 2. The van der Waals surface area contributed by atoms with Gasteiger partial charge in [-0.3, -0.25) is 9.69 Å². The van der Waals surface area contributed by atoms with Crippen molar-refractivity contribution in [2.45, 2.75) is 32.3 Å². The third-order valence-corrected chi connectivity index (χ3v) is 8.42. The third-order valence-electron chi connectivity index (χ3n) is 7.31. The van der Waals surface area contributed by atoms with E-state index in [-0.39, 0.29) is 25.7 Å². The maximum Gasteiger partial charge on any atom is 0.344 e. The zero-order chi connectivity index (χ0) is 31.4. The van der Waals surface area contributed by atoms with E-state index in [1.165, 1.54) is 18.9 Å². The molecule has 2 heterocycles. The highest BCUT2D eigenvalue weighted by Crippen LogP contribution is 2.48. The van der Waals surface area contributed by atoms with Crippen molar-refractivity contribution in [3.8, 4) is 17.2 Å². The number of benzene rings is 3. The van der Waals surface area contributed by atoms with Gasteiger partial charge in [0.1, 0.15) is 5.75 Å². The predicted molar refractivity (Wildman–Crippen MR) is 167 cm³/mol. The number of hydrogen-bond donors (Lipinski definition) is 1.